The van der Waals surface area contributed by atoms with E-state index in [4.69, 9.17) is 5.73 Å². The summed E-state index contributed by atoms with van der Waals surface area (Å²) >= 11 is 0. The van der Waals surface area contributed by atoms with Crippen molar-refractivity contribution in [2.75, 3.05) is 31.2 Å². The predicted molar refractivity (Wildman–Crippen MR) is 90.6 cm³/mol. The van der Waals surface area contributed by atoms with E-state index >= 15 is 0 Å². The molecular weight excluding hydrogens is 276 g/mol. The Bertz CT molecular complexity index is 703. The molecule has 1 aliphatic rings. The first-order chi connectivity index (χ1) is 10.5. The standard InChI is InChI=1S/C16H22N6/c1-10(2)12-4-7-18-15-13(12)14(17)20-16(21-15)19-11-5-8-22(3)9-6-11/h4,7,11H,1,5-6,8-9H2,2-3H3,(H3,17,18,19,20,21). The van der Waals surface area contributed by atoms with Crippen LogP contribution < -0.4 is 11.1 Å². The van der Waals surface area contributed by atoms with Gasteiger partial charge in [0.05, 0.1) is 5.39 Å². The molecule has 22 heavy (non-hydrogen) atoms. The van der Waals surface area contributed by atoms with Gasteiger partial charge in [0.2, 0.25) is 5.95 Å². The van der Waals surface area contributed by atoms with Crippen molar-refractivity contribution in [3.8, 4) is 0 Å². The van der Waals surface area contributed by atoms with E-state index in [0.29, 0.717) is 23.5 Å². The molecule has 2 aromatic rings. The van der Waals surface area contributed by atoms with E-state index in [2.05, 4.69) is 38.8 Å². The fourth-order valence-corrected chi connectivity index (χ4v) is 2.84. The van der Waals surface area contributed by atoms with Crippen molar-refractivity contribution in [1.29, 1.82) is 0 Å². The molecule has 6 heteroatoms. The number of rotatable bonds is 3. The summed E-state index contributed by atoms with van der Waals surface area (Å²) in [7, 11) is 2.14. The lowest BCUT2D eigenvalue weighted by Crippen LogP contribution is -2.37. The van der Waals surface area contributed by atoms with E-state index < -0.39 is 0 Å². The van der Waals surface area contributed by atoms with Gasteiger partial charge in [-0.2, -0.15) is 9.97 Å². The Balaban J connectivity index is 1.91. The molecule has 1 aliphatic heterocycles. The fraction of sp³-hybridized carbons (Fsp3) is 0.438. The van der Waals surface area contributed by atoms with Crippen LogP contribution in [0.15, 0.2) is 18.8 Å². The highest BCUT2D eigenvalue weighted by Gasteiger charge is 2.18. The number of anilines is 2. The molecular formula is C16H22N6. The topological polar surface area (TPSA) is 80.0 Å². The van der Waals surface area contributed by atoms with Gasteiger partial charge in [-0.1, -0.05) is 12.2 Å². The van der Waals surface area contributed by atoms with E-state index in [-0.39, 0.29) is 0 Å². The van der Waals surface area contributed by atoms with Gasteiger partial charge in [-0.15, -0.1) is 0 Å². The molecule has 0 bridgehead atoms. The molecule has 0 aromatic carbocycles. The second-order valence-electron chi connectivity index (χ2n) is 5.99. The molecule has 0 amide bonds. The highest BCUT2D eigenvalue weighted by Crippen LogP contribution is 2.26. The quantitative estimate of drug-likeness (QED) is 0.904. The molecule has 0 atom stereocenters. The molecule has 1 fully saturated rings. The number of fused-ring (bicyclic) bond motifs is 1. The van der Waals surface area contributed by atoms with E-state index in [9.17, 15) is 0 Å². The molecule has 0 saturated carbocycles. The Morgan fingerprint density at radius 1 is 1.36 bits per heavy atom. The number of pyridine rings is 1. The van der Waals surface area contributed by atoms with Crippen LogP contribution in [-0.2, 0) is 0 Å². The van der Waals surface area contributed by atoms with Gasteiger partial charge in [0.1, 0.15) is 5.82 Å². The fourth-order valence-electron chi connectivity index (χ4n) is 2.84. The van der Waals surface area contributed by atoms with Crippen LogP contribution in [0.2, 0.25) is 0 Å². The van der Waals surface area contributed by atoms with Crippen LogP contribution in [0.4, 0.5) is 11.8 Å². The average Bonchev–Trinajstić information content (AvgIpc) is 2.49. The van der Waals surface area contributed by atoms with E-state index in [0.717, 1.165) is 42.5 Å². The summed E-state index contributed by atoms with van der Waals surface area (Å²) in [5.41, 5.74) is 8.64. The second-order valence-corrected chi connectivity index (χ2v) is 5.99. The maximum absolute atomic E-state index is 6.14. The number of piperidine rings is 1. The molecule has 1 saturated heterocycles. The molecule has 3 heterocycles. The number of nitrogens with one attached hydrogen (secondary N) is 1. The molecule has 0 aliphatic carbocycles. The molecule has 6 nitrogen and oxygen atoms in total. The average molecular weight is 298 g/mol. The number of hydrogen-bond acceptors (Lipinski definition) is 6. The minimum absolute atomic E-state index is 0.386. The lowest BCUT2D eigenvalue weighted by molar-refractivity contribution is 0.263. The highest BCUT2D eigenvalue weighted by molar-refractivity contribution is 5.96. The number of allylic oxidation sites excluding steroid dienone is 1. The van der Waals surface area contributed by atoms with Crippen LogP contribution in [0.5, 0.6) is 0 Å². The van der Waals surface area contributed by atoms with Crippen LogP contribution in [-0.4, -0.2) is 46.0 Å². The summed E-state index contributed by atoms with van der Waals surface area (Å²) in [6, 6.07) is 2.28. The molecule has 0 spiro atoms. The Kier molecular flexibility index (Phi) is 3.94. The number of hydrogen-bond donors (Lipinski definition) is 2. The third-order valence-corrected chi connectivity index (χ3v) is 4.14. The summed E-state index contributed by atoms with van der Waals surface area (Å²) in [5.74, 6) is 1.01. The molecule has 0 unspecified atom stereocenters. The van der Waals surface area contributed by atoms with Crippen LogP contribution in [0, 0.1) is 0 Å². The van der Waals surface area contributed by atoms with Crippen LogP contribution in [0.1, 0.15) is 25.3 Å². The predicted octanol–water partition coefficient (Wildman–Crippen LogP) is 2.15. The number of aromatic nitrogens is 3. The maximum atomic E-state index is 6.14. The number of nitrogen functional groups attached to an aromatic ring is 1. The van der Waals surface area contributed by atoms with E-state index in [1.807, 2.05) is 13.0 Å². The Morgan fingerprint density at radius 3 is 2.77 bits per heavy atom. The SMILES string of the molecule is C=C(C)c1ccnc2nc(NC3CCN(C)CC3)nc(N)c12. The first kappa shape index (κ1) is 14.7. The summed E-state index contributed by atoms with van der Waals surface area (Å²) in [5, 5.41) is 4.17. The number of likely N-dealkylation sites (tertiary alicyclic amines) is 1. The monoisotopic (exact) mass is 298 g/mol. The Labute approximate surface area is 130 Å². The number of nitrogens with two attached hydrogens (primary N) is 1. The van der Waals surface area contributed by atoms with Gasteiger partial charge >= 0.3 is 0 Å². The molecule has 3 N–H and O–H groups in total. The summed E-state index contributed by atoms with van der Waals surface area (Å²) < 4.78 is 0. The minimum atomic E-state index is 0.386. The smallest absolute Gasteiger partial charge is 0.226 e. The van der Waals surface area contributed by atoms with Crippen molar-refractivity contribution >= 4 is 28.4 Å². The second kappa shape index (κ2) is 5.88. The third kappa shape index (κ3) is 2.87. The Hall–Kier alpha value is -2.21. The van der Waals surface area contributed by atoms with Crippen LogP contribution in [0.25, 0.3) is 16.6 Å². The first-order valence-electron chi connectivity index (χ1n) is 7.58. The maximum Gasteiger partial charge on any atom is 0.226 e. The number of nitrogens with zero attached hydrogens (tertiary/aromatic N) is 4. The van der Waals surface area contributed by atoms with Crippen molar-refractivity contribution in [2.24, 2.45) is 0 Å². The van der Waals surface area contributed by atoms with Gasteiger partial charge < -0.3 is 16.0 Å². The van der Waals surface area contributed by atoms with Crippen molar-refractivity contribution in [3.05, 3.63) is 24.4 Å². The molecule has 116 valence electrons. The van der Waals surface area contributed by atoms with Crippen molar-refractivity contribution < 1.29 is 0 Å². The Morgan fingerprint density at radius 2 is 2.09 bits per heavy atom. The lowest BCUT2D eigenvalue weighted by Gasteiger charge is -2.29. The zero-order chi connectivity index (χ0) is 15.7. The van der Waals surface area contributed by atoms with Crippen LogP contribution in [0.3, 0.4) is 0 Å². The summed E-state index contributed by atoms with van der Waals surface area (Å²) in [4.78, 5) is 15.6. The van der Waals surface area contributed by atoms with Gasteiger partial charge in [0.25, 0.3) is 0 Å². The summed E-state index contributed by atoms with van der Waals surface area (Å²) in [6.45, 7) is 8.09. The zero-order valence-electron chi connectivity index (χ0n) is 13.1. The highest BCUT2D eigenvalue weighted by atomic mass is 15.2. The minimum Gasteiger partial charge on any atom is -0.383 e. The van der Waals surface area contributed by atoms with E-state index in [1.54, 1.807) is 6.20 Å². The largest absolute Gasteiger partial charge is 0.383 e. The van der Waals surface area contributed by atoms with Gasteiger partial charge in [0, 0.05) is 12.2 Å². The van der Waals surface area contributed by atoms with Gasteiger partial charge in [-0.3, -0.25) is 0 Å². The molecule has 0 radical (unpaired) electrons. The van der Waals surface area contributed by atoms with Crippen LogP contribution >= 0.6 is 0 Å². The first-order valence-corrected chi connectivity index (χ1v) is 7.58. The van der Waals surface area contributed by atoms with Gasteiger partial charge in [-0.05, 0) is 51.5 Å². The van der Waals surface area contributed by atoms with Crippen molar-refractivity contribution in [1.82, 2.24) is 19.9 Å². The third-order valence-electron chi connectivity index (χ3n) is 4.14. The van der Waals surface area contributed by atoms with Crippen molar-refractivity contribution in [2.45, 2.75) is 25.8 Å². The summed E-state index contributed by atoms with van der Waals surface area (Å²) in [6.07, 6.45) is 3.90. The van der Waals surface area contributed by atoms with Gasteiger partial charge in [-0.25, -0.2) is 4.98 Å². The zero-order valence-corrected chi connectivity index (χ0v) is 13.1. The molecule has 3 rings (SSSR count). The lowest BCUT2D eigenvalue weighted by atomic mass is 10.1. The van der Waals surface area contributed by atoms with Crippen molar-refractivity contribution in [3.63, 3.8) is 0 Å². The normalized spacial score (nSPS) is 16.8. The molecule has 2 aromatic heterocycles. The van der Waals surface area contributed by atoms with E-state index in [1.165, 1.54) is 0 Å². The van der Waals surface area contributed by atoms with Gasteiger partial charge in [0.15, 0.2) is 5.65 Å².